The van der Waals surface area contributed by atoms with E-state index in [9.17, 15) is 0 Å². The molecule has 2 heteroatoms. The van der Waals surface area contributed by atoms with Crippen LogP contribution in [0.25, 0.3) is 0 Å². The van der Waals surface area contributed by atoms with E-state index in [0.29, 0.717) is 6.04 Å². The fraction of sp³-hybridized carbons (Fsp3) is 0.455. The maximum atomic E-state index is 6.27. The molecule has 1 atom stereocenters. The van der Waals surface area contributed by atoms with Crippen LogP contribution in [0.4, 0.5) is 0 Å². The normalized spacial score (nSPS) is 17.1. The minimum atomic E-state index is 0.478. The summed E-state index contributed by atoms with van der Waals surface area (Å²) in [5.74, 6) is 0.746. The Morgan fingerprint density at radius 3 is 1.75 bits per heavy atom. The van der Waals surface area contributed by atoms with Gasteiger partial charge in [-0.2, -0.15) is 0 Å². The second-order valence-electron chi connectivity index (χ2n) is 7.08. The smallest absolute Gasteiger partial charge is 0.0253 e. The Bertz CT molecular complexity index is 534. The van der Waals surface area contributed by atoms with E-state index in [-0.39, 0.29) is 0 Å². The molecule has 0 radical (unpaired) electrons. The second kappa shape index (κ2) is 9.00. The molecule has 24 heavy (non-hydrogen) atoms. The van der Waals surface area contributed by atoms with E-state index < -0.39 is 0 Å². The van der Waals surface area contributed by atoms with Crippen molar-refractivity contribution < 1.29 is 0 Å². The van der Waals surface area contributed by atoms with Crippen LogP contribution in [0, 0.1) is 5.92 Å². The van der Waals surface area contributed by atoms with Crippen molar-refractivity contribution in [3.05, 3.63) is 71.8 Å². The Hall–Kier alpha value is -1.64. The van der Waals surface area contributed by atoms with Crippen molar-refractivity contribution in [2.24, 2.45) is 11.7 Å². The number of benzene rings is 2. The van der Waals surface area contributed by atoms with E-state index in [4.69, 9.17) is 5.73 Å². The highest BCUT2D eigenvalue weighted by molar-refractivity contribution is 5.17. The Morgan fingerprint density at radius 1 is 0.792 bits per heavy atom. The van der Waals surface area contributed by atoms with Gasteiger partial charge in [0.25, 0.3) is 0 Å². The summed E-state index contributed by atoms with van der Waals surface area (Å²) < 4.78 is 0. The summed E-state index contributed by atoms with van der Waals surface area (Å²) in [6.07, 6.45) is 6.80. The Kier molecular flexibility index (Phi) is 6.45. The van der Waals surface area contributed by atoms with Gasteiger partial charge < -0.3 is 5.73 Å². The molecule has 2 aromatic carbocycles. The van der Waals surface area contributed by atoms with Crippen molar-refractivity contribution in [1.29, 1.82) is 0 Å². The van der Waals surface area contributed by atoms with Crippen LogP contribution in [0.3, 0.4) is 0 Å². The van der Waals surface area contributed by atoms with E-state index in [1.54, 1.807) is 0 Å². The Labute approximate surface area is 146 Å². The SMILES string of the molecule is NCC(C1CCCCC1)N(Cc1ccccc1)Cc1ccccc1. The lowest BCUT2D eigenvalue weighted by Gasteiger charge is -2.38. The van der Waals surface area contributed by atoms with Crippen LogP contribution in [0.1, 0.15) is 43.2 Å². The fourth-order valence-corrected chi connectivity index (χ4v) is 4.08. The maximum absolute atomic E-state index is 6.27. The van der Waals surface area contributed by atoms with Gasteiger partial charge in [0.15, 0.2) is 0 Å². The molecular weight excluding hydrogens is 292 g/mol. The first-order valence-corrected chi connectivity index (χ1v) is 9.39. The Balaban J connectivity index is 1.79. The molecule has 128 valence electrons. The van der Waals surface area contributed by atoms with Crippen molar-refractivity contribution in [2.45, 2.75) is 51.2 Å². The van der Waals surface area contributed by atoms with Gasteiger partial charge in [-0.25, -0.2) is 0 Å². The molecule has 0 aromatic heterocycles. The predicted molar refractivity (Wildman–Crippen MR) is 102 cm³/mol. The van der Waals surface area contributed by atoms with Gasteiger partial charge in [-0.05, 0) is 29.9 Å². The number of nitrogens with zero attached hydrogens (tertiary/aromatic N) is 1. The monoisotopic (exact) mass is 322 g/mol. The zero-order chi connectivity index (χ0) is 16.6. The molecule has 3 rings (SSSR count). The molecule has 2 nitrogen and oxygen atoms in total. The predicted octanol–water partition coefficient (Wildman–Crippen LogP) is 4.60. The van der Waals surface area contributed by atoms with Crippen LogP contribution >= 0.6 is 0 Å². The van der Waals surface area contributed by atoms with E-state index in [2.05, 4.69) is 65.6 Å². The van der Waals surface area contributed by atoms with E-state index >= 15 is 0 Å². The van der Waals surface area contributed by atoms with E-state index in [1.807, 2.05) is 0 Å². The molecule has 0 amide bonds. The second-order valence-corrected chi connectivity index (χ2v) is 7.08. The number of nitrogens with two attached hydrogens (primary N) is 1. The third kappa shape index (κ3) is 4.68. The minimum absolute atomic E-state index is 0.478. The Morgan fingerprint density at radius 2 is 1.29 bits per heavy atom. The standard InChI is InChI=1S/C22H30N2/c23-16-22(21-14-8-3-9-15-21)24(17-19-10-4-1-5-11-19)18-20-12-6-2-7-13-20/h1-2,4-7,10-13,21-22H,3,8-9,14-18,23H2. The highest BCUT2D eigenvalue weighted by Gasteiger charge is 2.27. The van der Waals surface area contributed by atoms with Crippen molar-refractivity contribution in [2.75, 3.05) is 6.54 Å². The van der Waals surface area contributed by atoms with Gasteiger partial charge in [-0.3, -0.25) is 4.90 Å². The van der Waals surface area contributed by atoms with Crippen molar-refractivity contribution in [3.8, 4) is 0 Å². The topological polar surface area (TPSA) is 29.3 Å². The lowest BCUT2D eigenvalue weighted by atomic mass is 9.83. The first kappa shape index (κ1) is 17.2. The average Bonchev–Trinajstić information content (AvgIpc) is 2.65. The zero-order valence-corrected chi connectivity index (χ0v) is 14.6. The number of rotatable bonds is 7. The molecule has 0 bridgehead atoms. The molecule has 0 saturated heterocycles. The van der Waals surface area contributed by atoms with Gasteiger partial charge in [-0.15, -0.1) is 0 Å². The summed E-state index contributed by atoms with van der Waals surface area (Å²) in [5.41, 5.74) is 9.03. The van der Waals surface area contributed by atoms with Crippen LogP contribution < -0.4 is 5.73 Å². The lowest BCUT2D eigenvalue weighted by Crippen LogP contribution is -2.45. The van der Waals surface area contributed by atoms with Crippen LogP contribution in [-0.2, 0) is 13.1 Å². The average molecular weight is 322 g/mol. The maximum Gasteiger partial charge on any atom is 0.0253 e. The molecule has 0 aliphatic heterocycles. The summed E-state index contributed by atoms with van der Waals surface area (Å²) >= 11 is 0. The molecule has 1 aliphatic rings. The van der Waals surface area contributed by atoms with Crippen LogP contribution in [0.5, 0.6) is 0 Å². The summed E-state index contributed by atoms with van der Waals surface area (Å²) in [6.45, 7) is 2.71. The quantitative estimate of drug-likeness (QED) is 0.807. The van der Waals surface area contributed by atoms with Gasteiger partial charge in [0, 0.05) is 25.7 Å². The van der Waals surface area contributed by atoms with Gasteiger partial charge in [-0.1, -0.05) is 79.9 Å². The molecule has 1 saturated carbocycles. The van der Waals surface area contributed by atoms with Gasteiger partial charge in [0.2, 0.25) is 0 Å². The molecule has 1 fully saturated rings. The fourth-order valence-electron chi connectivity index (χ4n) is 4.08. The largest absolute Gasteiger partial charge is 0.329 e. The van der Waals surface area contributed by atoms with Gasteiger partial charge in [0.1, 0.15) is 0 Å². The van der Waals surface area contributed by atoms with Crippen LogP contribution in [0.15, 0.2) is 60.7 Å². The van der Waals surface area contributed by atoms with Crippen molar-refractivity contribution in [3.63, 3.8) is 0 Å². The van der Waals surface area contributed by atoms with E-state index in [1.165, 1.54) is 43.2 Å². The lowest BCUT2D eigenvalue weighted by molar-refractivity contribution is 0.107. The third-order valence-electron chi connectivity index (χ3n) is 5.36. The summed E-state index contributed by atoms with van der Waals surface area (Å²) in [6, 6.07) is 22.1. The summed E-state index contributed by atoms with van der Waals surface area (Å²) in [7, 11) is 0. The molecule has 2 aromatic rings. The van der Waals surface area contributed by atoms with E-state index in [0.717, 1.165) is 25.6 Å². The minimum Gasteiger partial charge on any atom is -0.329 e. The van der Waals surface area contributed by atoms with Crippen LogP contribution in [-0.4, -0.2) is 17.5 Å². The van der Waals surface area contributed by atoms with Crippen molar-refractivity contribution in [1.82, 2.24) is 4.90 Å². The van der Waals surface area contributed by atoms with Crippen LogP contribution in [0.2, 0.25) is 0 Å². The summed E-state index contributed by atoms with van der Waals surface area (Å²) in [4.78, 5) is 2.61. The van der Waals surface area contributed by atoms with Gasteiger partial charge in [0.05, 0.1) is 0 Å². The number of hydrogen-bond donors (Lipinski definition) is 1. The number of hydrogen-bond acceptors (Lipinski definition) is 2. The molecule has 0 heterocycles. The molecule has 1 aliphatic carbocycles. The van der Waals surface area contributed by atoms with Gasteiger partial charge >= 0.3 is 0 Å². The molecular formula is C22H30N2. The third-order valence-corrected chi connectivity index (χ3v) is 5.36. The molecule has 2 N–H and O–H groups in total. The molecule has 0 spiro atoms. The summed E-state index contributed by atoms with van der Waals surface area (Å²) in [5, 5.41) is 0. The van der Waals surface area contributed by atoms with Crippen molar-refractivity contribution >= 4 is 0 Å². The first-order valence-electron chi connectivity index (χ1n) is 9.39. The highest BCUT2D eigenvalue weighted by atomic mass is 15.2. The highest BCUT2D eigenvalue weighted by Crippen LogP contribution is 2.30. The first-order chi connectivity index (χ1) is 11.9. The molecule has 1 unspecified atom stereocenters. The zero-order valence-electron chi connectivity index (χ0n) is 14.6.